The molecule has 120 valence electrons. The maximum atomic E-state index is 12.9. The van der Waals surface area contributed by atoms with E-state index in [0.29, 0.717) is 17.2 Å². The number of aryl methyl sites for hydroxylation is 1. The van der Waals surface area contributed by atoms with Gasteiger partial charge < -0.3 is 9.32 Å². The van der Waals surface area contributed by atoms with Crippen LogP contribution in [0.25, 0.3) is 11.3 Å². The van der Waals surface area contributed by atoms with E-state index in [1.54, 1.807) is 12.4 Å². The van der Waals surface area contributed by atoms with Crippen molar-refractivity contribution < 1.29 is 9.21 Å². The Morgan fingerprint density at radius 1 is 1.12 bits per heavy atom. The molecule has 4 rings (SSSR count). The largest absolute Gasteiger partial charge is 0.461 e. The molecular weight excluding hydrogens is 300 g/mol. The molecule has 0 atom stereocenters. The second kappa shape index (κ2) is 5.96. The molecule has 4 nitrogen and oxygen atoms in total. The highest BCUT2D eigenvalue weighted by Crippen LogP contribution is 2.32. The van der Waals surface area contributed by atoms with Crippen LogP contribution in [-0.2, 0) is 0 Å². The topological polar surface area (TPSA) is 46.3 Å². The summed E-state index contributed by atoms with van der Waals surface area (Å²) in [7, 11) is 0. The zero-order valence-corrected chi connectivity index (χ0v) is 13.5. The quantitative estimate of drug-likeness (QED) is 0.736. The van der Waals surface area contributed by atoms with Crippen LogP contribution in [0.15, 0.2) is 65.3 Å². The van der Waals surface area contributed by atoms with Gasteiger partial charge in [-0.1, -0.05) is 30.3 Å². The molecule has 3 aromatic rings. The number of pyridine rings is 1. The van der Waals surface area contributed by atoms with Crippen LogP contribution in [0, 0.1) is 6.92 Å². The zero-order valence-electron chi connectivity index (χ0n) is 13.5. The van der Waals surface area contributed by atoms with Gasteiger partial charge in [0.15, 0.2) is 0 Å². The Hall–Kier alpha value is -2.88. The smallest absolute Gasteiger partial charge is 0.257 e. The summed E-state index contributed by atoms with van der Waals surface area (Å²) in [6, 6.07) is 15.7. The third kappa shape index (κ3) is 2.60. The summed E-state index contributed by atoms with van der Waals surface area (Å²) in [6.45, 7) is 3.35. The summed E-state index contributed by atoms with van der Waals surface area (Å²) in [4.78, 5) is 18.8. The Morgan fingerprint density at radius 2 is 1.83 bits per heavy atom. The number of aromatic nitrogens is 1. The molecule has 24 heavy (non-hydrogen) atoms. The molecule has 2 aromatic heterocycles. The lowest BCUT2D eigenvalue weighted by Crippen LogP contribution is -2.48. The standard InChI is InChI=1S/C20H18N2O2/c1-14-11-18(19(24-14)16-5-3-2-4-6-16)20(23)22-12-17(13-22)15-7-9-21-10-8-15/h2-11,17H,12-13H2,1H3. The highest BCUT2D eigenvalue weighted by Gasteiger charge is 2.34. The lowest BCUT2D eigenvalue weighted by Gasteiger charge is -2.39. The van der Waals surface area contributed by atoms with Crippen LogP contribution in [0.4, 0.5) is 0 Å². The van der Waals surface area contributed by atoms with E-state index in [9.17, 15) is 4.79 Å². The van der Waals surface area contributed by atoms with E-state index >= 15 is 0 Å². The Labute approximate surface area is 140 Å². The summed E-state index contributed by atoms with van der Waals surface area (Å²) >= 11 is 0. The Kier molecular flexibility index (Phi) is 3.65. The first kappa shape index (κ1) is 14.7. The van der Waals surface area contributed by atoms with Crippen molar-refractivity contribution in [2.75, 3.05) is 13.1 Å². The number of benzene rings is 1. The van der Waals surface area contributed by atoms with E-state index in [2.05, 4.69) is 4.98 Å². The number of rotatable bonds is 3. The number of likely N-dealkylation sites (tertiary alicyclic amines) is 1. The molecule has 1 aromatic carbocycles. The van der Waals surface area contributed by atoms with E-state index in [1.165, 1.54) is 5.56 Å². The molecule has 0 spiro atoms. The van der Waals surface area contributed by atoms with Crippen molar-refractivity contribution in [2.45, 2.75) is 12.8 Å². The summed E-state index contributed by atoms with van der Waals surface area (Å²) in [5.74, 6) is 1.84. The lowest BCUT2D eigenvalue weighted by molar-refractivity contribution is 0.0602. The zero-order chi connectivity index (χ0) is 16.5. The molecule has 0 bridgehead atoms. The summed E-state index contributed by atoms with van der Waals surface area (Å²) in [5, 5.41) is 0. The first-order chi connectivity index (χ1) is 11.7. The van der Waals surface area contributed by atoms with Crippen molar-refractivity contribution in [2.24, 2.45) is 0 Å². The number of hydrogen-bond acceptors (Lipinski definition) is 3. The van der Waals surface area contributed by atoms with Crippen LogP contribution in [0.1, 0.15) is 27.6 Å². The molecule has 3 heterocycles. The maximum absolute atomic E-state index is 12.9. The molecule has 1 aliphatic heterocycles. The van der Waals surface area contributed by atoms with E-state index in [1.807, 2.05) is 60.4 Å². The van der Waals surface area contributed by atoms with Gasteiger partial charge in [-0.15, -0.1) is 0 Å². The second-order valence-electron chi connectivity index (χ2n) is 6.15. The molecule has 1 aliphatic rings. The molecule has 4 heteroatoms. The third-order valence-corrected chi connectivity index (χ3v) is 4.47. The van der Waals surface area contributed by atoms with Crippen LogP contribution >= 0.6 is 0 Å². The van der Waals surface area contributed by atoms with Crippen molar-refractivity contribution >= 4 is 5.91 Å². The number of nitrogens with zero attached hydrogens (tertiary/aromatic N) is 2. The van der Waals surface area contributed by atoms with Crippen LogP contribution in [0.5, 0.6) is 0 Å². The molecule has 1 fully saturated rings. The molecule has 1 saturated heterocycles. The average molecular weight is 318 g/mol. The summed E-state index contributed by atoms with van der Waals surface area (Å²) < 4.78 is 5.80. The third-order valence-electron chi connectivity index (χ3n) is 4.47. The molecule has 0 radical (unpaired) electrons. The predicted octanol–water partition coefficient (Wildman–Crippen LogP) is 3.89. The number of furan rings is 1. The van der Waals surface area contributed by atoms with Crippen LogP contribution in [-0.4, -0.2) is 28.9 Å². The Morgan fingerprint density at radius 3 is 2.54 bits per heavy atom. The first-order valence-electron chi connectivity index (χ1n) is 8.07. The van der Waals surface area contributed by atoms with Crippen molar-refractivity contribution in [3.05, 3.63) is 77.8 Å². The van der Waals surface area contributed by atoms with Gasteiger partial charge in [0.05, 0.1) is 5.56 Å². The van der Waals surface area contributed by atoms with E-state index in [4.69, 9.17) is 4.42 Å². The van der Waals surface area contributed by atoms with Crippen molar-refractivity contribution in [3.63, 3.8) is 0 Å². The van der Waals surface area contributed by atoms with Gasteiger partial charge in [-0.05, 0) is 30.7 Å². The van der Waals surface area contributed by atoms with Crippen LogP contribution in [0.2, 0.25) is 0 Å². The molecule has 1 amide bonds. The van der Waals surface area contributed by atoms with Gasteiger partial charge in [0.25, 0.3) is 5.91 Å². The maximum Gasteiger partial charge on any atom is 0.257 e. The number of carbonyl (C=O) groups excluding carboxylic acids is 1. The molecular formula is C20H18N2O2. The fourth-order valence-electron chi connectivity index (χ4n) is 3.14. The lowest BCUT2D eigenvalue weighted by atomic mass is 9.91. The minimum atomic E-state index is 0.0380. The monoisotopic (exact) mass is 318 g/mol. The molecule has 0 unspecified atom stereocenters. The van der Waals surface area contributed by atoms with Gasteiger partial charge in [0.1, 0.15) is 11.5 Å². The highest BCUT2D eigenvalue weighted by atomic mass is 16.3. The van der Waals surface area contributed by atoms with E-state index < -0.39 is 0 Å². The van der Waals surface area contributed by atoms with Crippen LogP contribution in [0.3, 0.4) is 0 Å². The first-order valence-corrected chi connectivity index (χ1v) is 8.07. The fourth-order valence-corrected chi connectivity index (χ4v) is 3.14. The van der Waals surface area contributed by atoms with Gasteiger partial charge in [0.2, 0.25) is 0 Å². The second-order valence-corrected chi connectivity index (χ2v) is 6.15. The minimum Gasteiger partial charge on any atom is -0.461 e. The Bertz CT molecular complexity index is 850. The molecule has 0 N–H and O–H groups in total. The predicted molar refractivity (Wildman–Crippen MR) is 91.8 cm³/mol. The van der Waals surface area contributed by atoms with Crippen molar-refractivity contribution in [3.8, 4) is 11.3 Å². The minimum absolute atomic E-state index is 0.0380. The van der Waals surface area contributed by atoms with Crippen molar-refractivity contribution in [1.29, 1.82) is 0 Å². The van der Waals surface area contributed by atoms with Crippen LogP contribution < -0.4 is 0 Å². The Balaban J connectivity index is 1.54. The molecule has 0 aliphatic carbocycles. The van der Waals surface area contributed by atoms with Gasteiger partial charge in [0, 0.05) is 37.0 Å². The fraction of sp³-hybridized carbons (Fsp3) is 0.200. The van der Waals surface area contributed by atoms with E-state index in [0.717, 1.165) is 24.4 Å². The van der Waals surface area contributed by atoms with Crippen molar-refractivity contribution in [1.82, 2.24) is 9.88 Å². The van der Waals surface area contributed by atoms with Gasteiger partial charge >= 0.3 is 0 Å². The summed E-state index contributed by atoms with van der Waals surface area (Å²) in [5.41, 5.74) is 2.81. The van der Waals surface area contributed by atoms with Gasteiger partial charge in [-0.25, -0.2) is 0 Å². The number of amides is 1. The number of hydrogen-bond donors (Lipinski definition) is 0. The van der Waals surface area contributed by atoms with E-state index in [-0.39, 0.29) is 5.91 Å². The molecule has 0 saturated carbocycles. The van der Waals surface area contributed by atoms with Gasteiger partial charge in [-0.2, -0.15) is 0 Å². The normalized spacial score (nSPS) is 14.5. The van der Waals surface area contributed by atoms with Gasteiger partial charge in [-0.3, -0.25) is 9.78 Å². The highest BCUT2D eigenvalue weighted by molar-refractivity contribution is 6.00. The average Bonchev–Trinajstić information content (AvgIpc) is 2.97. The summed E-state index contributed by atoms with van der Waals surface area (Å²) in [6.07, 6.45) is 3.60. The number of carbonyl (C=O) groups is 1. The SMILES string of the molecule is Cc1cc(C(=O)N2CC(c3ccncc3)C2)c(-c2ccccc2)o1.